The number of hydrogen-bond acceptors (Lipinski definition) is 6. The Kier molecular flexibility index (Phi) is 9.42. The first-order chi connectivity index (χ1) is 26.3. The first-order valence-corrected chi connectivity index (χ1v) is 17.5. The van der Waals surface area contributed by atoms with Crippen molar-refractivity contribution in [3.63, 3.8) is 0 Å². The van der Waals surface area contributed by atoms with E-state index in [9.17, 15) is 8.78 Å². The maximum absolute atomic E-state index is 13.6. The number of hydrogen-bond donors (Lipinski definition) is 0. The van der Waals surface area contributed by atoms with E-state index in [2.05, 4.69) is 37.3 Å². The minimum absolute atomic E-state index is 0.271. The lowest BCUT2D eigenvalue weighted by Gasteiger charge is -2.16. The van der Waals surface area contributed by atoms with Gasteiger partial charge in [-0.15, -0.1) is 0 Å². The number of aryl methyl sites for hydroxylation is 2. The van der Waals surface area contributed by atoms with E-state index in [1.807, 2.05) is 69.0 Å². The fraction of sp³-hybridized carbons (Fsp3) is 0.0698. The average molecular weight is 733 g/mol. The Balaban J connectivity index is 0.000000157. The second-order valence-electron chi connectivity index (χ2n) is 12.7. The van der Waals surface area contributed by atoms with Crippen LogP contribution in [0.4, 0.5) is 8.78 Å². The first-order valence-electron chi connectivity index (χ1n) is 17.1. The molecule has 54 heavy (non-hydrogen) atoms. The van der Waals surface area contributed by atoms with E-state index in [1.165, 1.54) is 29.8 Å². The van der Waals surface area contributed by atoms with Gasteiger partial charge >= 0.3 is 0 Å². The summed E-state index contributed by atoms with van der Waals surface area (Å²) in [4.78, 5) is 17.8. The van der Waals surface area contributed by atoms with E-state index in [4.69, 9.17) is 16.6 Å². The molecule has 264 valence electrons. The Labute approximate surface area is 314 Å². The number of rotatable bonds is 6. The maximum Gasteiger partial charge on any atom is 0.182 e. The molecule has 9 rings (SSSR count). The highest BCUT2D eigenvalue weighted by molar-refractivity contribution is 6.29. The van der Waals surface area contributed by atoms with Crippen LogP contribution < -0.4 is 0 Å². The number of benzene rings is 3. The second-order valence-corrected chi connectivity index (χ2v) is 13.1. The zero-order valence-corrected chi connectivity index (χ0v) is 30.0. The van der Waals surface area contributed by atoms with Crippen LogP contribution in [0.3, 0.4) is 0 Å². The summed E-state index contributed by atoms with van der Waals surface area (Å²) in [5.41, 5.74) is 10.7. The lowest BCUT2D eigenvalue weighted by Crippen LogP contribution is -2.00. The summed E-state index contributed by atoms with van der Waals surface area (Å²) < 4.78 is 30.4. The SMILES string of the molecule is Cn1cc2c(Cc3ccccc3)c(-c3ccncc3)c(-c3ccc(F)cc3)nc2n1.Cn1cc2cc(-c3ccnc(Cl)c3)c(-c3ccc(F)cc3)nc2n1. The fourth-order valence-electron chi connectivity index (χ4n) is 6.53. The van der Waals surface area contributed by atoms with Crippen molar-refractivity contribution in [2.24, 2.45) is 14.1 Å². The Hall–Kier alpha value is -6.65. The van der Waals surface area contributed by atoms with Crippen LogP contribution in [0.25, 0.3) is 66.8 Å². The highest BCUT2D eigenvalue weighted by Crippen LogP contribution is 2.39. The topological polar surface area (TPSA) is 87.2 Å². The normalized spacial score (nSPS) is 11.1. The van der Waals surface area contributed by atoms with Crippen molar-refractivity contribution < 1.29 is 8.78 Å². The van der Waals surface area contributed by atoms with Crippen molar-refractivity contribution in [2.45, 2.75) is 6.42 Å². The minimum atomic E-state index is -0.286. The van der Waals surface area contributed by atoms with Gasteiger partial charge < -0.3 is 0 Å². The molecule has 11 heteroatoms. The van der Waals surface area contributed by atoms with Crippen LogP contribution in [-0.2, 0) is 20.5 Å². The summed E-state index contributed by atoms with van der Waals surface area (Å²) in [7, 11) is 3.75. The van der Waals surface area contributed by atoms with Crippen molar-refractivity contribution in [3.05, 3.63) is 168 Å². The first kappa shape index (κ1) is 34.4. The molecule has 0 fully saturated rings. The summed E-state index contributed by atoms with van der Waals surface area (Å²) in [5.74, 6) is -0.557. The molecule has 0 unspecified atom stereocenters. The third-order valence-electron chi connectivity index (χ3n) is 8.97. The molecule has 0 aliphatic rings. The molecule has 0 radical (unpaired) electrons. The summed E-state index contributed by atoms with van der Waals surface area (Å²) in [6.45, 7) is 0. The maximum atomic E-state index is 13.6. The highest BCUT2D eigenvalue weighted by Gasteiger charge is 2.21. The van der Waals surface area contributed by atoms with Crippen molar-refractivity contribution in [2.75, 3.05) is 0 Å². The smallest absolute Gasteiger partial charge is 0.182 e. The van der Waals surface area contributed by atoms with Gasteiger partial charge in [-0.3, -0.25) is 14.3 Å². The van der Waals surface area contributed by atoms with E-state index in [0.29, 0.717) is 16.4 Å². The minimum Gasteiger partial charge on any atom is -0.273 e. The van der Waals surface area contributed by atoms with Gasteiger partial charge in [0.1, 0.15) is 16.8 Å². The highest BCUT2D eigenvalue weighted by atomic mass is 35.5. The van der Waals surface area contributed by atoms with Crippen LogP contribution in [0.5, 0.6) is 0 Å². The van der Waals surface area contributed by atoms with E-state index in [1.54, 1.807) is 58.3 Å². The lowest BCUT2D eigenvalue weighted by atomic mass is 9.90. The molecule has 0 amide bonds. The van der Waals surface area contributed by atoms with E-state index in [0.717, 1.165) is 67.5 Å². The van der Waals surface area contributed by atoms with Crippen molar-refractivity contribution in [1.29, 1.82) is 0 Å². The van der Waals surface area contributed by atoms with Gasteiger partial charge in [0.25, 0.3) is 0 Å². The molecule has 0 spiro atoms. The van der Waals surface area contributed by atoms with Crippen molar-refractivity contribution in [3.8, 4) is 44.8 Å². The molecule has 8 nitrogen and oxygen atoms in total. The monoisotopic (exact) mass is 732 g/mol. The molecular formula is C43H31ClF2N8. The molecule has 0 aliphatic carbocycles. The standard InChI is InChI=1S/C25H19FN4.C18H12ClFN4/c1-30-16-22-21(15-17-5-3-2-4-6-17)23(18-11-13-27-14-12-18)24(28-25(22)29-30)19-7-9-20(26)10-8-19;1-24-10-13-8-15(12-6-7-21-16(19)9-12)17(22-18(13)23-24)11-2-4-14(20)5-3-11/h2-14,16H,15H2,1H3;2-10H,1H3. The van der Waals surface area contributed by atoms with Crippen LogP contribution in [-0.4, -0.2) is 39.5 Å². The Bertz CT molecular complexity index is 2730. The quantitative estimate of drug-likeness (QED) is 0.158. The predicted molar refractivity (Wildman–Crippen MR) is 209 cm³/mol. The predicted octanol–water partition coefficient (Wildman–Crippen LogP) is 9.92. The number of halogens is 3. The second kappa shape index (κ2) is 14.8. The third kappa shape index (κ3) is 7.19. The van der Waals surface area contributed by atoms with Crippen LogP contribution in [0.15, 0.2) is 140 Å². The zero-order chi connectivity index (χ0) is 37.2. The van der Waals surface area contributed by atoms with E-state index < -0.39 is 0 Å². The van der Waals surface area contributed by atoms with Gasteiger partial charge in [0.05, 0.1) is 11.4 Å². The van der Waals surface area contributed by atoms with E-state index >= 15 is 0 Å². The van der Waals surface area contributed by atoms with Gasteiger partial charge in [-0.25, -0.2) is 23.7 Å². The van der Waals surface area contributed by atoms with Gasteiger partial charge in [-0.1, -0.05) is 41.9 Å². The van der Waals surface area contributed by atoms with Gasteiger partial charge in [-0.2, -0.15) is 10.2 Å². The van der Waals surface area contributed by atoms with E-state index in [-0.39, 0.29) is 11.6 Å². The summed E-state index contributed by atoms with van der Waals surface area (Å²) >= 11 is 6.04. The molecule has 0 saturated carbocycles. The number of nitrogens with zero attached hydrogens (tertiary/aromatic N) is 8. The van der Waals surface area contributed by atoms with Crippen molar-refractivity contribution >= 4 is 33.7 Å². The Morgan fingerprint density at radius 1 is 0.611 bits per heavy atom. The number of fused-ring (bicyclic) bond motifs is 2. The molecule has 6 heterocycles. The molecule has 0 bridgehead atoms. The lowest BCUT2D eigenvalue weighted by molar-refractivity contribution is 0.627. The van der Waals surface area contributed by atoms with Crippen LogP contribution >= 0.6 is 11.6 Å². The van der Waals surface area contributed by atoms with Gasteiger partial charge in [0.15, 0.2) is 11.3 Å². The molecule has 6 aromatic heterocycles. The average Bonchev–Trinajstić information content (AvgIpc) is 3.76. The van der Waals surface area contributed by atoms with Crippen molar-refractivity contribution in [1.82, 2.24) is 39.5 Å². The molecule has 0 aliphatic heterocycles. The molecule has 0 N–H and O–H groups in total. The zero-order valence-electron chi connectivity index (χ0n) is 29.2. The number of aromatic nitrogens is 8. The Morgan fingerprint density at radius 3 is 1.91 bits per heavy atom. The van der Waals surface area contributed by atoms with Gasteiger partial charge in [0, 0.05) is 78.1 Å². The molecular weight excluding hydrogens is 702 g/mol. The molecule has 9 aromatic rings. The summed E-state index contributed by atoms with van der Waals surface area (Å²) in [5, 5.41) is 11.3. The van der Waals surface area contributed by atoms with Crippen LogP contribution in [0, 0.1) is 11.6 Å². The van der Waals surface area contributed by atoms with Crippen LogP contribution in [0.2, 0.25) is 5.15 Å². The Morgan fingerprint density at radius 2 is 1.22 bits per heavy atom. The number of pyridine rings is 4. The van der Waals surface area contributed by atoms with Crippen LogP contribution in [0.1, 0.15) is 11.1 Å². The third-order valence-corrected chi connectivity index (χ3v) is 9.17. The molecule has 3 aromatic carbocycles. The summed E-state index contributed by atoms with van der Waals surface area (Å²) in [6, 6.07) is 32.7. The summed E-state index contributed by atoms with van der Waals surface area (Å²) in [6.07, 6.45) is 9.87. The van der Waals surface area contributed by atoms with Gasteiger partial charge in [0.2, 0.25) is 0 Å². The molecule has 0 atom stereocenters. The fourth-order valence-corrected chi connectivity index (χ4v) is 6.71. The largest absolute Gasteiger partial charge is 0.273 e. The molecule has 0 saturated heterocycles. The van der Waals surface area contributed by atoms with Gasteiger partial charge in [-0.05, 0) is 108 Å².